The van der Waals surface area contributed by atoms with E-state index in [0.717, 1.165) is 0 Å². The molecule has 10 heteroatoms. The van der Waals surface area contributed by atoms with Crippen LogP contribution in [0.2, 0.25) is 0 Å². The van der Waals surface area contributed by atoms with Crippen LogP contribution in [0, 0.1) is 0 Å². The molecule has 1 amide bonds. The number of benzene rings is 2. The van der Waals surface area contributed by atoms with Crippen LogP contribution >= 0.6 is 0 Å². The van der Waals surface area contributed by atoms with E-state index in [1.54, 1.807) is 30.3 Å². The number of rotatable bonds is 2. The minimum Gasteiger partial charge on any atom is -0.362 e. The van der Waals surface area contributed by atoms with Crippen molar-refractivity contribution in [2.75, 3.05) is 0 Å². The molecule has 0 saturated heterocycles. The molecule has 0 unspecified atom stereocenters. The van der Waals surface area contributed by atoms with Crippen molar-refractivity contribution < 1.29 is 30.4 Å². The number of para-hydroxylation sites is 1. The van der Waals surface area contributed by atoms with Gasteiger partial charge in [0.05, 0.1) is 5.56 Å². The van der Waals surface area contributed by atoms with Gasteiger partial charge < -0.3 is 4.18 Å². The van der Waals surface area contributed by atoms with Crippen molar-refractivity contribution in [3.8, 4) is 5.75 Å². The second-order valence-corrected chi connectivity index (χ2v) is 6.93. The van der Waals surface area contributed by atoms with Gasteiger partial charge in [0.25, 0.3) is 15.9 Å². The van der Waals surface area contributed by atoms with Crippen LogP contribution in [0.4, 0.5) is 0 Å². The first kappa shape index (κ1) is 16.9. The predicted molar refractivity (Wildman–Crippen MR) is 79.7 cm³/mol. The number of fused-ring (bicyclic) bond motifs is 1. The molecule has 8 nitrogen and oxygen atoms in total. The summed E-state index contributed by atoms with van der Waals surface area (Å²) in [5.41, 5.74) is 0.220. The van der Waals surface area contributed by atoms with Gasteiger partial charge >= 0.3 is 10.4 Å². The Bertz CT molecular complexity index is 922. The minimum atomic E-state index is -4.38. The molecular formula is C13H11NO7S2. The summed E-state index contributed by atoms with van der Waals surface area (Å²) in [6, 6.07) is 13.8. The fourth-order valence-corrected chi connectivity index (χ4v) is 3.24. The van der Waals surface area contributed by atoms with E-state index in [0.29, 0.717) is 0 Å². The summed E-state index contributed by atoms with van der Waals surface area (Å²) < 4.78 is 56.8. The summed E-state index contributed by atoms with van der Waals surface area (Å²) in [5.74, 6) is -0.458. The van der Waals surface area contributed by atoms with Crippen LogP contribution in [0.15, 0.2) is 59.5 Å². The van der Waals surface area contributed by atoms with Gasteiger partial charge in [-0.15, -0.1) is 0 Å². The molecule has 0 saturated carbocycles. The SMILES string of the molecule is O=C1NS(=O)(=O)c2ccccc21.O=S(=O)(O)Oc1ccccc1. The average Bonchev–Trinajstić information content (AvgIpc) is 2.69. The Labute approximate surface area is 132 Å². The summed E-state index contributed by atoms with van der Waals surface area (Å²) >= 11 is 0. The maximum atomic E-state index is 11.1. The van der Waals surface area contributed by atoms with E-state index in [-0.39, 0.29) is 16.2 Å². The lowest BCUT2D eigenvalue weighted by Crippen LogP contribution is -2.20. The first-order valence-electron chi connectivity index (χ1n) is 6.07. The number of carbonyl (C=O) groups excluding carboxylic acids is 1. The molecule has 0 aromatic heterocycles. The highest BCUT2D eigenvalue weighted by atomic mass is 32.3. The number of hydrogen-bond acceptors (Lipinski definition) is 6. The number of hydrogen-bond donors (Lipinski definition) is 2. The zero-order chi connectivity index (χ0) is 17.1. The van der Waals surface area contributed by atoms with Crippen molar-refractivity contribution in [3.63, 3.8) is 0 Å². The minimum absolute atomic E-state index is 0.0648. The molecule has 0 fully saturated rings. The van der Waals surface area contributed by atoms with Crippen molar-refractivity contribution in [2.45, 2.75) is 4.90 Å². The highest BCUT2D eigenvalue weighted by Gasteiger charge is 2.31. The normalized spacial score (nSPS) is 14.9. The van der Waals surface area contributed by atoms with Gasteiger partial charge in [-0.1, -0.05) is 30.3 Å². The molecule has 1 aliphatic rings. The van der Waals surface area contributed by atoms with Gasteiger partial charge in [-0.3, -0.25) is 9.35 Å². The van der Waals surface area contributed by atoms with E-state index in [4.69, 9.17) is 4.55 Å². The van der Waals surface area contributed by atoms with E-state index in [1.807, 2.05) is 4.72 Å². The Balaban J connectivity index is 0.000000168. The average molecular weight is 357 g/mol. The van der Waals surface area contributed by atoms with Crippen LogP contribution < -0.4 is 8.91 Å². The van der Waals surface area contributed by atoms with Crippen LogP contribution in [0.5, 0.6) is 5.75 Å². The Kier molecular flexibility index (Phi) is 4.68. The molecule has 0 radical (unpaired) electrons. The van der Waals surface area contributed by atoms with Gasteiger partial charge in [0, 0.05) is 0 Å². The van der Waals surface area contributed by atoms with E-state index in [2.05, 4.69) is 4.18 Å². The first-order valence-corrected chi connectivity index (χ1v) is 8.92. The number of nitrogens with one attached hydrogen (secondary N) is 1. The molecule has 23 heavy (non-hydrogen) atoms. The van der Waals surface area contributed by atoms with Gasteiger partial charge in [0.15, 0.2) is 0 Å². The number of sulfonamides is 1. The van der Waals surface area contributed by atoms with Gasteiger partial charge in [-0.25, -0.2) is 13.1 Å². The lowest BCUT2D eigenvalue weighted by molar-refractivity contribution is 0.0985. The second-order valence-electron chi connectivity index (χ2n) is 4.25. The predicted octanol–water partition coefficient (Wildman–Crippen LogP) is 0.987. The highest BCUT2D eigenvalue weighted by molar-refractivity contribution is 7.90. The monoisotopic (exact) mass is 357 g/mol. The molecule has 3 rings (SSSR count). The van der Waals surface area contributed by atoms with E-state index < -0.39 is 26.3 Å². The van der Waals surface area contributed by atoms with Crippen LogP contribution in [0.1, 0.15) is 10.4 Å². The molecule has 0 atom stereocenters. The molecule has 1 aliphatic heterocycles. The fraction of sp³-hybridized carbons (Fsp3) is 0. The van der Waals surface area contributed by atoms with Crippen molar-refractivity contribution in [1.29, 1.82) is 0 Å². The van der Waals surface area contributed by atoms with Gasteiger partial charge in [0.2, 0.25) is 0 Å². The molecular weight excluding hydrogens is 346 g/mol. The smallest absolute Gasteiger partial charge is 0.362 e. The van der Waals surface area contributed by atoms with Crippen LogP contribution in [-0.4, -0.2) is 27.3 Å². The summed E-state index contributed by atoms with van der Waals surface area (Å²) in [4.78, 5) is 11.1. The summed E-state index contributed by atoms with van der Waals surface area (Å²) in [6.45, 7) is 0. The van der Waals surface area contributed by atoms with Crippen LogP contribution in [0.25, 0.3) is 0 Å². The van der Waals surface area contributed by atoms with Gasteiger partial charge in [0.1, 0.15) is 10.6 Å². The zero-order valence-corrected chi connectivity index (χ0v) is 13.0. The fourth-order valence-electron chi connectivity index (χ4n) is 1.72. The topological polar surface area (TPSA) is 127 Å². The van der Waals surface area contributed by atoms with E-state index in [9.17, 15) is 21.6 Å². The largest absolute Gasteiger partial charge is 0.446 e. The molecule has 2 aromatic carbocycles. The number of amides is 1. The molecule has 2 N–H and O–H groups in total. The van der Waals surface area contributed by atoms with Crippen molar-refractivity contribution in [1.82, 2.24) is 4.72 Å². The molecule has 1 heterocycles. The molecule has 0 aliphatic carbocycles. The molecule has 0 spiro atoms. The summed E-state index contributed by atoms with van der Waals surface area (Å²) in [6.07, 6.45) is 0. The Morgan fingerprint density at radius 2 is 1.52 bits per heavy atom. The first-order chi connectivity index (χ1) is 10.7. The van der Waals surface area contributed by atoms with E-state index in [1.165, 1.54) is 24.3 Å². The lowest BCUT2D eigenvalue weighted by atomic mass is 10.2. The third kappa shape index (κ3) is 4.52. The van der Waals surface area contributed by atoms with Gasteiger partial charge in [-0.2, -0.15) is 8.42 Å². The Morgan fingerprint density at radius 1 is 0.957 bits per heavy atom. The zero-order valence-electron chi connectivity index (χ0n) is 11.4. The Hall–Kier alpha value is -2.43. The van der Waals surface area contributed by atoms with Crippen LogP contribution in [-0.2, 0) is 20.4 Å². The second kappa shape index (κ2) is 6.36. The third-order valence-electron chi connectivity index (χ3n) is 2.59. The standard InChI is InChI=1S/C7H5NO3S.C6H6O4S/c9-7-5-3-1-2-4-6(5)12(10,11)8-7;7-11(8,9)10-6-4-2-1-3-5-6/h1-4H,(H,8,9);1-5H,(H,7,8,9). The third-order valence-corrected chi connectivity index (χ3v) is 4.39. The highest BCUT2D eigenvalue weighted by Crippen LogP contribution is 2.20. The molecule has 2 aromatic rings. The van der Waals surface area contributed by atoms with Crippen molar-refractivity contribution >= 4 is 26.3 Å². The Morgan fingerprint density at radius 3 is 2.09 bits per heavy atom. The van der Waals surface area contributed by atoms with Gasteiger partial charge in [-0.05, 0) is 24.3 Å². The molecule has 122 valence electrons. The quantitative estimate of drug-likeness (QED) is 0.767. The van der Waals surface area contributed by atoms with Crippen molar-refractivity contribution in [3.05, 3.63) is 60.2 Å². The molecule has 0 bridgehead atoms. The maximum absolute atomic E-state index is 11.1. The summed E-state index contributed by atoms with van der Waals surface area (Å²) in [7, 11) is -7.93. The lowest BCUT2D eigenvalue weighted by Gasteiger charge is -1.98. The number of carbonyl (C=O) groups is 1. The van der Waals surface area contributed by atoms with Crippen molar-refractivity contribution in [2.24, 2.45) is 0 Å². The van der Waals surface area contributed by atoms with E-state index >= 15 is 0 Å². The van der Waals surface area contributed by atoms with Crippen LogP contribution in [0.3, 0.4) is 0 Å². The maximum Gasteiger partial charge on any atom is 0.446 e. The summed E-state index contributed by atoms with van der Waals surface area (Å²) in [5, 5.41) is 0.